The molecule has 0 aliphatic carbocycles. The highest BCUT2D eigenvalue weighted by Gasteiger charge is 2.63. The van der Waals surface area contributed by atoms with Crippen molar-refractivity contribution in [3.8, 4) is 0 Å². The molecular formula is C14H18N2O5. The highest BCUT2D eigenvalue weighted by molar-refractivity contribution is 6.13. The molecule has 2 N–H and O–H groups in total. The van der Waals surface area contributed by atoms with Crippen LogP contribution in [0.5, 0.6) is 0 Å². The lowest BCUT2D eigenvalue weighted by molar-refractivity contribution is -0.211. The van der Waals surface area contributed by atoms with E-state index in [-0.39, 0.29) is 6.61 Å². The molecule has 7 nitrogen and oxygen atoms in total. The Labute approximate surface area is 122 Å². The normalized spacial score (nSPS) is 24.1. The van der Waals surface area contributed by atoms with Crippen LogP contribution < -0.4 is 10.8 Å². The molecule has 1 heterocycles. The van der Waals surface area contributed by atoms with Crippen LogP contribution in [0.2, 0.25) is 0 Å². The maximum Gasteiger partial charge on any atom is 0.290 e. The SMILES string of the molecule is CCOC1NC(=O)C1(OC)C(=O)NOCc1ccccc1. The summed E-state index contributed by atoms with van der Waals surface area (Å²) >= 11 is 0. The van der Waals surface area contributed by atoms with Crippen molar-refractivity contribution in [3.63, 3.8) is 0 Å². The molecule has 7 heteroatoms. The predicted molar refractivity (Wildman–Crippen MR) is 72.7 cm³/mol. The number of hydrogen-bond donors (Lipinski definition) is 2. The second kappa shape index (κ2) is 6.66. The maximum atomic E-state index is 12.2. The van der Waals surface area contributed by atoms with Gasteiger partial charge in [-0.15, -0.1) is 0 Å². The lowest BCUT2D eigenvalue weighted by Crippen LogP contribution is -2.79. The molecule has 2 amide bonds. The summed E-state index contributed by atoms with van der Waals surface area (Å²) in [4.78, 5) is 29.0. The van der Waals surface area contributed by atoms with Gasteiger partial charge in [-0.3, -0.25) is 14.4 Å². The van der Waals surface area contributed by atoms with Gasteiger partial charge < -0.3 is 14.8 Å². The van der Waals surface area contributed by atoms with E-state index in [0.717, 1.165) is 5.56 Å². The van der Waals surface area contributed by atoms with E-state index in [2.05, 4.69) is 10.8 Å². The zero-order valence-corrected chi connectivity index (χ0v) is 11.9. The number of nitrogens with one attached hydrogen (secondary N) is 2. The van der Waals surface area contributed by atoms with Gasteiger partial charge in [0.05, 0.1) is 6.61 Å². The number of carbonyl (C=O) groups excluding carboxylic acids is 2. The first kappa shape index (κ1) is 15.4. The summed E-state index contributed by atoms with van der Waals surface area (Å²) in [7, 11) is 1.28. The summed E-state index contributed by atoms with van der Waals surface area (Å²) in [5.74, 6) is -1.24. The fourth-order valence-electron chi connectivity index (χ4n) is 2.04. The third-order valence-corrected chi connectivity index (χ3v) is 3.21. The number of β-lactam (4-membered cyclic amide) rings is 1. The van der Waals surface area contributed by atoms with Gasteiger partial charge in [0.1, 0.15) is 0 Å². The van der Waals surface area contributed by atoms with Crippen molar-refractivity contribution in [2.75, 3.05) is 13.7 Å². The number of methoxy groups -OCH3 is 1. The van der Waals surface area contributed by atoms with Crippen molar-refractivity contribution >= 4 is 11.8 Å². The van der Waals surface area contributed by atoms with Crippen molar-refractivity contribution in [2.24, 2.45) is 0 Å². The molecule has 1 aliphatic rings. The first-order valence-electron chi connectivity index (χ1n) is 6.59. The third kappa shape index (κ3) is 2.90. The minimum Gasteiger partial charge on any atom is -0.356 e. The first-order valence-corrected chi connectivity index (χ1v) is 6.59. The van der Waals surface area contributed by atoms with Crippen molar-refractivity contribution in [3.05, 3.63) is 35.9 Å². The van der Waals surface area contributed by atoms with Gasteiger partial charge in [-0.2, -0.15) is 0 Å². The zero-order valence-electron chi connectivity index (χ0n) is 11.9. The average molecular weight is 294 g/mol. The van der Waals surface area contributed by atoms with Crippen LogP contribution in [0, 0.1) is 0 Å². The van der Waals surface area contributed by atoms with Gasteiger partial charge in [0.25, 0.3) is 17.4 Å². The smallest absolute Gasteiger partial charge is 0.290 e. The highest BCUT2D eigenvalue weighted by Crippen LogP contribution is 2.26. The third-order valence-electron chi connectivity index (χ3n) is 3.21. The second-order valence-electron chi connectivity index (χ2n) is 4.45. The van der Waals surface area contributed by atoms with Crippen LogP contribution in [0.4, 0.5) is 0 Å². The number of amides is 2. The van der Waals surface area contributed by atoms with Crippen LogP contribution in [0.3, 0.4) is 0 Å². The Balaban J connectivity index is 1.93. The molecule has 114 valence electrons. The number of carbonyl (C=O) groups is 2. The van der Waals surface area contributed by atoms with E-state index < -0.39 is 23.6 Å². The van der Waals surface area contributed by atoms with Gasteiger partial charge in [0.2, 0.25) is 0 Å². The number of ether oxygens (including phenoxy) is 2. The molecule has 1 aliphatic heterocycles. The van der Waals surface area contributed by atoms with Gasteiger partial charge in [-0.1, -0.05) is 30.3 Å². The molecule has 1 fully saturated rings. The van der Waals surface area contributed by atoms with Crippen LogP contribution in [0.15, 0.2) is 30.3 Å². The van der Waals surface area contributed by atoms with E-state index in [1.807, 2.05) is 30.3 Å². The predicted octanol–water partition coefficient (Wildman–Crippen LogP) is 0.112. The zero-order chi connectivity index (χ0) is 15.3. The molecule has 0 saturated carbocycles. The highest BCUT2D eigenvalue weighted by atomic mass is 16.7. The van der Waals surface area contributed by atoms with E-state index in [1.54, 1.807) is 6.92 Å². The van der Waals surface area contributed by atoms with Crippen LogP contribution >= 0.6 is 0 Å². The van der Waals surface area contributed by atoms with Crippen LogP contribution in [0.25, 0.3) is 0 Å². The molecular weight excluding hydrogens is 276 g/mol. The lowest BCUT2D eigenvalue weighted by atomic mass is 9.91. The number of benzene rings is 1. The van der Waals surface area contributed by atoms with Crippen molar-refractivity contribution in [1.82, 2.24) is 10.8 Å². The minimum absolute atomic E-state index is 0.188. The lowest BCUT2D eigenvalue weighted by Gasteiger charge is -2.44. The molecule has 0 radical (unpaired) electrons. The number of rotatable bonds is 7. The fraction of sp³-hybridized carbons (Fsp3) is 0.429. The molecule has 2 unspecified atom stereocenters. The van der Waals surface area contributed by atoms with E-state index >= 15 is 0 Å². The second-order valence-corrected chi connectivity index (χ2v) is 4.45. The molecule has 1 aromatic carbocycles. The number of hydrogen-bond acceptors (Lipinski definition) is 5. The van der Waals surface area contributed by atoms with E-state index in [9.17, 15) is 9.59 Å². The molecule has 0 bridgehead atoms. The summed E-state index contributed by atoms with van der Waals surface area (Å²) < 4.78 is 10.4. The quantitative estimate of drug-likeness (QED) is 0.423. The molecule has 21 heavy (non-hydrogen) atoms. The van der Waals surface area contributed by atoms with Gasteiger partial charge in [-0.25, -0.2) is 5.48 Å². The van der Waals surface area contributed by atoms with Crippen molar-refractivity contribution < 1.29 is 23.9 Å². The van der Waals surface area contributed by atoms with Crippen LogP contribution in [0.1, 0.15) is 12.5 Å². The minimum atomic E-state index is -1.70. The molecule has 0 aromatic heterocycles. The Hall–Kier alpha value is -1.96. The molecule has 1 aromatic rings. The van der Waals surface area contributed by atoms with E-state index in [4.69, 9.17) is 14.3 Å². The number of hydroxylamine groups is 1. The first-order chi connectivity index (χ1) is 10.1. The summed E-state index contributed by atoms with van der Waals surface area (Å²) in [6.07, 6.45) is -0.819. The largest absolute Gasteiger partial charge is 0.356 e. The van der Waals surface area contributed by atoms with Crippen molar-refractivity contribution in [2.45, 2.75) is 25.4 Å². The van der Waals surface area contributed by atoms with E-state index in [1.165, 1.54) is 7.11 Å². The van der Waals surface area contributed by atoms with Gasteiger partial charge >= 0.3 is 0 Å². The average Bonchev–Trinajstić information content (AvgIpc) is 2.49. The molecule has 1 saturated heterocycles. The van der Waals surface area contributed by atoms with Gasteiger partial charge in [0, 0.05) is 13.7 Å². The van der Waals surface area contributed by atoms with Gasteiger partial charge in [0.15, 0.2) is 6.23 Å². The van der Waals surface area contributed by atoms with Gasteiger partial charge in [-0.05, 0) is 12.5 Å². The topological polar surface area (TPSA) is 85.9 Å². The Morgan fingerprint density at radius 2 is 2.10 bits per heavy atom. The standard InChI is InChI=1S/C14H18N2O5/c1-3-20-13-14(19-2,11(17)15-13)12(18)16-21-9-10-7-5-4-6-8-10/h4-8,13H,3,9H2,1-2H3,(H,15,17)(H,16,18). The molecule has 0 spiro atoms. The summed E-state index contributed by atoms with van der Waals surface area (Å²) in [5.41, 5.74) is 1.43. The van der Waals surface area contributed by atoms with Crippen molar-refractivity contribution in [1.29, 1.82) is 0 Å². The van der Waals surface area contributed by atoms with E-state index in [0.29, 0.717) is 6.61 Å². The van der Waals surface area contributed by atoms with Crippen LogP contribution in [-0.2, 0) is 30.5 Å². The van der Waals surface area contributed by atoms with Crippen LogP contribution in [-0.4, -0.2) is 37.4 Å². The Bertz CT molecular complexity index is 507. The Morgan fingerprint density at radius 1 is 1.38 bits per heavy atom. The fourth-order valence-corrected chi connectivity index (χ4v) is 2.04. The summed E-state index contributed by atoms with van der Waals surface area (Å²) in [5, 5.41) is 2.47. The Kier molecular flexibility index (Phi) is 4.89. The monoisotopic (exact) mass is 294 g/mol. The molecule has 2 atom stereocenters. The Morgan fingerprint density at radius 3 is 2.67 bits per heavy atom. The summed E-state index contributed by atoms with van der Waals surface area (Å²) in [6, 6.07) is 9.32. The maximum absolute atomic E-state index is 12.2. The summed E-state index contributed by atoms with van der Waals surface area (Å²) in [6.45, 7) is 2.29. The molecule has 2 rings (SSSR count).